The van der Waals surface area contributed by atoms with E-state index in [1.165, 1.54) is 12.3 Å². The van der Waals surface area contributed by atoms with Crippen molar-refractivity contribution in [2.24, 2.45) is 5.41 Å². The van der Waals surface area contributed by atoms with Crippen LogP contribution in [0.15, 0.2) is 54.9 Å². The quantitative estimate of drug-likeness (QED) is 0.207. The second kappa shape index (κ2) is 9.33. The molecule has 33 heavy (non-hydrogen) atoms. The van der Waals surface area contributed by atoms with E-state index in [9.17, 15) is 9.18 Å². The van der Waals surface area contributed by atoms with Crippen molar-refractivity contribution in [1.82, 2.24) is 15.4 Å². The van der Waals surface area contributed by atoms with Gasteiger partial charge in [0, 0.05) is 29.6 Å². The number of hydroxylamine groups is 1. The normalized spacial score (nSPS) is 13.8. The molecular formula is C24H23FN4O4. The van der Waals surface area contributed by atoms with E-state index >= 15 is 0 Å². The lowest BCUT2D eigenvalue weighted by Crippen LogP contribution is -2.26. The van der Waals surface area contributed by atoms with E-state index in [2.05, 4.69) is 9.97 Å². The van der Waals surface area contributed by atoms with Gasteiger partial charge in [-0.25, -0.2) is 14.4 Å². The fourth-order valence-corrected chi connectivity index (χ4v) is 3.38. The summed E-state index contributed by atoms with van der Waals surface area (Å²) in [6.45, 7) is 2.23. The van der Waals surface area contributed by atoms with Crippen molar-refractivity contribution in [3.05, 3.63) is 77.5 Å². The van der Waals surface area contributed by atoms with Gasteiger partial charge in [-0.05, 0) is 37.0 Å². The van der Waals surface area contributed by atoms with Gasteiger partial charge in [-0.1, -0.05) is 30.3 Å². The molecule has 0 aliphatic heterocycles. The number of carbonyl (C=O) groups excluding carboxylic acids is 1. The van der Waals surface area contributed by atoms with Crippen LogP contribution in [0, 0.1) is 23.6 Å². The standard InChI is InChI=1S/C24H23FN4O4/c1-15-9-20(27-12-18(15)17-10-19(25)21(28-11-17)22(26)29-31)33-14-24(7-8-24)23(30)32-13-16-5-3-2-4-6-16/h2-6,9-12,31H,7-8,13-14H2,1H3,(H2,26,29). The van der Waals surface area contributed by atoms with Crippen molar-refractivity contribution in [1.29, 1.82) is 5.41 Å². The number of hydrogen-bond donors (Lipinski definition) is 3. The Bertz CT molecular complexity index is 1180. The topological polar surface area (TPSA) is 117 Å². The first kappa shape index (κ1) is 22.3. The summed E-state index contributed by atoms with van der Waals surface area (Å²) in [5.41, 5.74) is 3.47. The Hall–Kier alpha value is -3.85. The molecule has 2 aromatic heterocycles. The highest BCUT2D eigenvalue weighted by Crippen LogP contribution is 2.47. The van der Waals surface area contributed by atoms with Crippen molar-refractivity contribution in [3.63, 3.8) is 0 Å². The van der Waals surface area contributed by atoms with Crippen molar-refractivity contribution in [2.75, 3.05) is 6.61 Å². The van der Waals surface area contributed by atoms with Gasteiger partial charge in [0.15, 0.2) is 11.7 Å². The van der Waals surface area contributed by atoms with Gasteiger partial charge in [0.25, 0.3) is 0 Å². The Labute approximate surface area is 189 Å². The molecule has 1 aliphatic carbocycles. The molecule has 0 spiro atoms. The molecular weight excluding hydrogens is 427 g/mol. The van der Waals surface area contributed by atoms with E-state index in [0.717, 1.165) is 11.1 Å². The summed E-state index contributed by atoms with van der Waals surface area (Å²) < 4.78 is 25.5. The molecule has 2 heterocycles. The van der Waals surface area contributed by atoms with Gasteiger partial charge in [-0.3, -0.25) is 20.9 Å². The van der Waals surface area contributed by atoms with Gasteiger partial charge in [-0.15, -0.1) is 0 Å². The number of carbonyl (C=O) groups is 1. The predicted molar refractivity (Wildman–Crippen MR) is 117 cm³/mol. The minimum Gasteiger partial charge on any atom is -0.476 e. The molecule has 1 aliphatic rings. The number of pyridine rings is 2. The lowest BCUT2D eigenvalue weighted by atomic mass is 10.0. The molecule has 0 amide bonds. The van der Waals surface area contributed by atoms with Crippen molar-refractivity contribution < 1.29 is 23.9 Å². The summed E-state index contributed by atoms with van der Waals surface area (Å²) in [5.74, 6) is -1.20. The predicted octanol–water partition coefficient (Wildman–Crippen LogP) is 3.80. The van der Waals surface area contributed by atoms with Gasteiger partial charge >= 0.3 is 5.97 Å². The molecule has 0 unspecified atom stereocenters. The molecule has 0 radical (unpaired) electrons. The number of ether oxygens (including phenoxy) is 2. The molecule has 170 valence electrons. The highest BCUT2D eigenvalue weighted by atomic mass is 19.1. The van der Waals surface area contributed by atoms with Gasteiger partial charge in [-0.2, -0.15) is 0 Å². The maximum atomic E-state index is 14.2. The van der Waals surface area contributed by atoms with E-state index < -0.39 is 17.1 Å². The van der Waals surface area contributed by atoms with E-state index in [0.29, 0.717) is 29.8 Å². The number of hydrogen-bond acceptors (Lipinski definition) is 7. The molecule has 8 nitrogen and oxygen atoms in total. The van der Waals surface area contributed by atoms with Gasteiger partial charge < -0.3 is 9.47 Å². The lowest BCUT2D eigenvalue weighted by Gasteiger charge is -2.16. The number of amidine groups is 1. The SMILES string of the molecule is Cc1cc(OCC2(C(=O)OCc3ccccc3)CC2)ncc1-c1cnc(C(=N)NO)c(F)c1. The zero-order valence-corrected chi connectivity index (χ0v) is 18.0. The highest BCUT2D eigenvalue weighted by Gasteiger charge is 2.52. The summed E-state index contributed by atoms with van der Waals surface area (Å²) in [5, 5.41) is 16.2. The van der Waals surface area contributed by atoms with Gasteiger partial charge in [0.1, 0.15) is 24.3 Å². The second-order valence-electron chi connectivity index (χ2n) is 8.01. The summed E-state index contributed by atoms with van der Waals surface area (Å²) >= 11 is 0. The first-order valence-corrected chi connectivity index (χ1v) is 10.4. The average Bonchev–Trinajstić information content (AvgIpc) is 3.63. The number of aryl methyl sites for hydroxylation is 1. The molecule has 0 saturated heterocycles. The van der Waals surface area contributed by atoms with E-state index in [1.54, 1.807) is 17.7 Å². The molecule has 1 fully saturated rings. The van der Waals surface area contributed by atoms with Crippen LogP contribution in [0.2, 0.25) is 0 Å². The molecule has 4 rings (SSSR count). The smallest absolute Gasteiger partial charge is 0.315 e. The molecule has 0 bridgehead atoms. The number of aromatic nitrogens is 2. The third-order valence-corrected chi connectivity index (χ3v) is 5.58. The van der Waals surface area contributed by atoms with Gasteiger partial charge in [0.05, 0.1) is 0 Å². The Morgan fingerprint density at radius 1 is 1.21 bits per heavy atom. The Morgan fingerprint density at radius 3 is 2.61 bits per heavy atom. The third-order valence-electron chi connectivity index (χ3n) is 5.58. The first-order valence-electron chi connectivity index (χ1n) is 10.4. The maximum absolute atomic E-state index is 14.2. The first-order chi connectivity index (χ1) is 15.9. The van der Waals surface area contributed by atoms with Crippen LogP contribution in [0.1, 0.15) is 29.7 Å². The lowest BCUT2D eigenvalue weighted by molar-refractivity contribution is -0.152. The minimum absolute atomic E-state index is 0.174. The third kappa shape index (κ3) is 4.98. The largest absolute Gasteiger partial charge is 0.476 e. The zero-order chi connectivity index (χ0) is 23.4. The molecule has 0 atom stereocenters. The summed E-state index contributed by atoms with van der Waals surface area (Å²) in [4.78, 5) is 20.7. The van der Waals surface area contributed by atoms with E-state index in [1.807, 2.05) is 37.3 Å². The van der Waals surface area contributed by atoms with Crippen molar-refractivity contribution >= 4 is 11.8 Å². The van der Waals surface area contributed by atoms with Crippen LogP contribution in [0.25, 0.3) is 11.1 Å². The maximum Gasteiger partial charge on any atom is 0.315 e. The number of nitrogens with one attached hydrogen (secondary N) is 2. The van der Waals surface area contributed by atoms with Crippen LogP contribution in [0.5, 0.6) is 5.88 Å². The Kier molecular flexibility index (Phi) is 6.32. The monoisotopic (exact) mass is 450 g/mol. The molecule has 1 saturated carbocycles. The Morgan fingerprint density at radius 2 is 1.97 bits per heavy atom. The van der Waals surface area contributed by atoms with Gasteiger partial charge in [0.2, 0.25) is 5.88 Å². The van der Waals surface area contributed by atoms with Crippen molar-refractivity contribution in [3.8, 4) is 17.0 Å². The molecule has 1 aromatic carbocycles. The zero-order valence-electron chi connectivity index (χ0n) is 18.0. The number of benzene rings is 1. The minimum atomic E-state index is -0.747. The Balaban J connectivity index is 1.39. The van der Waals surface area contributed by atoms with Crippen LogP contribution in [-0.4, -0.2) is 33.6 Å². The molecule has 9 heteroatoms. The van der Waals surface area contributed by atoms with Crippen molar-refractivity contribution in [2.45, 2.75) is 26.4 Å². The van der Waals surface area contributed by atoms with E-state index in [-0.39, 0.29) is 24.9 Å². The fourth-order valence-electron chi connectivity index (χ4n) is 3.38. The number of esters is 1. The average molecular weight is 450 g/mol. The molecule has 3 N–H and O–H groups in total. The van der Waals surface area contributed by atoms with Crippen LogP contribution in [0.3, 0.4) is 0 Å². The van der Waals surface area contributed by atoms with E-state index in [4.69, 9.17) is 20.1 Å². The number of nitrogens with zero attached hydrogens (tertiary/aromatic N) is 2. The van der Waals surface area contributed by atoms with Crippen LogP contribution >= 0.6 is 0 Å². The van der Waals surface area contributed by atoms with Crippen LogP contribution in [-0.2, 0) is 16.1 Å². The van der Waals surface area contributed by atoms with Crippen LogP contribution < -0.4 is 10.2 Å². The molecule has 3 aromatic rings. The number of halogens is 1. The summed E-state index contributed by atoms with van der Waals surface area (Å²) in [7, 11) is 0. The fraction of sp³-hybridized carbons (Fsp3) is 0.250. The second-order valence-corrected chi connectivity index (χ2v) is 8.01. The summed E-state index contributed by atoms with van der Waals surface area (Å²) in [6.07, 6.45) is 4.35. The number of rotatable bonds is 8. The highest BCUT2D eigenvalue weighted by molar-refractivity contribution is 5.94. The summed E-state index contributed by atoms with van der Waals surface area (Å²) in [6, 6.07) is 12.4. The van der Waals surface area contributed by atoms with Crippen LogP contribution in [0.4, 0.5) is 4.39 Å².